The number of aromatic nitrogens is 1. The summed E-state index contributed by atoms with van der Waals surface area (Å²) < 4.78 is 0. The Morgan fingerprint density at radius 2 is 2.00 bits per heavy atom. The maximum Gasteiger partial charge on any atom is 0.0833 e. The molecule has 0 spiro atoms. The molecule has 2 heteroatoms. The van der Waals surface area contributed by atoms with E-state index in [2.05, 4.69) is 11.1 Å². The number of hydrogen-bond acceptors (Lipinski definition) is 2. The molecular weight excluding hydrogens is 186 g/mol. The molecule has 3 unspecified atom stereocenters. The van der Waals surface area contributed by atoms with Crippen molar-refractivity contribution in [1.29, 1.82) is 0 Å². The number of aryl methyl sites for hydroxylation is 1. The molecule has 80 valence electrons. The first-order chi connectivity index (χ1) is 7.24. The number of fused-ring (bicyclic) bond motifs is 1. The van der Waals surface area contributed by atoms with E-state index in [1.807, 2.05) is 19.3 Å². The summed E-state index contributed by atoms with van der Waals surface area (Å²) >= 11 is 0. The van der Waals surface area contributed by atoms with Crippen LogP contribution in [0.3, 0.4) is 0 Å². The molecule has 1 aromatic rings. The molecule has 0 aliphatic heterocycles. The van der Waals surface area contributed by atoms with Gasteiger partial charge in [-0.05, 0) is 55.1 Å². The SMILES string of the molecule is Cc1cncc(C(O)C2CC3CC3C2)c1. The van der Waals surface area contributed by atoms with Crippen LogP contribution in [-0.4, -0.2) is 10.1 Å². The lowest BCUT2D eigenvalue weighted by Gasteiger charge is -2.19. The highest BCUT2D eigenvalue weighted by atomic mass is 16.3. The van der Waals surface area contributed by atoms with Crippen LogP contribution in [0, 0.1) is 24.7 Å². The van der Waals surface area contributed by atoms with Gasteiger partial charge in [-0.15, -0.1) is 0 Å². The number of nitrogens with zero attached hydrogens (tertiary/aromatic N) is 1. The van der Waals surface area contributed by atoms with E-state index < -0.39 is 0 Å². The number of hydrogen-bond donors (Lipinski definition) is 1. The van der Waals surface area contributed by atoms with Gasteiger partial charge in [0.2, 0.25) is 0 Å². The van der Waals surface area contributed by atoms with E-state index in [1.54, 1.807) is 0 Å². The highest BCUT2D eigenvalue weighted by molar-refractivity contribution is 5.20. The fourth-order valence-corrected chi connectivity index (χ4v) is 3.03. The van der Waals surface area contributed by atoms with Crippen LogP contribution in [0.4, 0.5) is 0 Å². The fraction of sp³-hybridized carbons (Fsp3) is 0.615. The molecule has 3 atom stereocenters. The summed E-state index contributed by atoms with van der Waals surface area (Å²) in [6, 6.07) is 2.06. The average molecular weight is 203 g/mol. The molecule has 2 fully saturated rings. The summed E-state index contributed by atoms with van der Waals surface area (Å²) in [5.41, 5.74) is 2.14. The first kappa shape index (κ1) is 9.34. The predicted molar refractivity (Wildman–Crippen MR) is 58.3 cm³/mol. The first-order valence-electron chi connectivity index (χ1n) is 5.83. The van der Waals surface area contributed by atoms with Crippen molar-refractivity contribution < 1.29 is 5.11 Å². The lowest BCUT2D eigenvalue weighted by Crippen LogP contribution is -2.11. The number of aliphatic hydroxyl groups is 1. The molecule has 3 rings (SSSR count). The van der Waals surface area contributed by atoms with E-state index in [4.69, 9.17) is 0 Å². The molecule has 2 saturated carbocycles. The van der Waals surface area contributed by atoms with Crippen LogP contribution >= 0.6 is 0 Å². The van der Waals surface area contributed by atoms with E-state index in [0.29, 0.717) is 5.92 Å². The highest BCUT2D eigenvalue weighted by Gasteiger charge is 2.47. The molecule has 15 heavy (non-hydrogen) atoms. The monoisotopic (exact) mass is 203 g/mol. The van der Waals surface area contributed by atoms with E-state index in [-0.39, 0.29) is 6.10 Å². The van der Waals surface area contributed by atoms with Gasteiger partial charge < -0.3 is 5.11 Å². The molecule has 1 aromatic heterocycles. The molecule has 2 nitrogen and oxygen atoms in total. The summed E-state index contributed by atoms with van der Waals surface area (Å²) in [5.74, 6) is 2.35. The van der Waals surface area contributed by atoms with Gasteiger partial charge in [-0.25, -0.2) is 0 Å². The van der Waals surface area contributed by atoms with Gasteiger partial charge in [-0.2, -0.15) is 0 Å². The molecule has 0 saturated heterocycles. The van der Waals surface area contributed by atoms with Crippen LogP contribution < -0.4 is 0 Å². The first-order valence-corrected chi connectivity index (χ1v) is 5.83. The summed E-state index contributed by atoms with van der Waals surface area (Å²) in [5, 5.41) is 10.2. The summed E-state index contributed by atoms with van der Waals surface area (Å²) in [6.45, 7) is 2.02. The Balaban J connectivity index is 1.76. The minimum Gasteiger partial charge on any atom is -0.388 e. The van der Waals surface area contributed by atoms with Gasteiger partial charge in [0.05, 0.1) is 6.10 Å². The Hall–Kier alpha value is -0.890. The van der Waals surface area contributed by atoms with Crippen molar-refractivity contribution in [1.82, 2.24) is 4.98 Å². The predicted octanol–water partition coefficient (Wildman–Crippen LogP) is 2.47. The zero-order valence-electron chi connectivity index (χ0n) is 9.06. The van der Waals surface area contributed by atoms with Crippen molar-refractivity contribution >= 4 is 0 Å². The maximum atomic E-state index is 10.2. The molecule has 1 heterocycles. The zero-order valence-corrected chi connectivity index (χ0v) is 9.06. The van der Waals surface area contributed by atoms with Crippen LogP contribution in [0.5, 0.6) is 0 Å². The van der Waals surface area contributed by atoms with Crippen molar-refractivity contribution in [2.45, 2.75) is 32.3 Å². The van der Waals surface area contributed by atoms with Crippen LogP contribution in [0.25, 0.3) is 0 Å². The van der Waals surface area contributed by atoms with Crippen molar-refractivity contribution in [2.75, 3.05) is 0 Å². The highest BCUT2D eigenvalue weighted by Crippen LogP contribution is 2.57. The lowest BCUT2D eigenvalue weighted by atomic mass is 9.92. The van der Waals surface area contributed by atoms with E-state index in [1.165, 1.54) is 19.3 Å². The van der Waals surface area contributed by atoms with Gasteiger partial charge in [0, 0.05) is 12.4 Å². The van der Waals surface area contributed by atoms with Gasteiger partial charge in [-0.3, -0.25) is 4.98 Å². The summed E-state index contributed by atoms with van der Waals surface area (Å²) in [6.07, 6.45) is 7.21. The Morgan fingerprint density at radius 1 is 1.27 bits per heavy atom. The molecule has 0 radical (unpaired) electrons. The molecule has 0 amide bonds. The second kappa shape index (κ2) is 3.31. The molecule has 0 aromatic carbocycles. The Morgan fingerprint density at radius 3 is 2.67 bits per heavy atom. The van der Waals surface area contributed by atoms with E-state index in [9.17, 15) is 5.11 Å². The standard InChI is InChI=1S/C13H17NO/c1-8-2-12(7-14-6-8)13(15)11-4-9-3-10(9)5-11/h2,6-7,9-11,13,15H,3-5H2,1H3. The molecule has 2 aliphatic rings. The lowest BCUT2D eigenvalue weighted by molar-refractivity contribution is 0.104. The number of aliphatic hydroxyl groups excluding tert-OH is 1. The number of rotatable bonds is 2. The largest absolute Gasteiger partial charge is 0.388 e. The van der Waals surface area contributed by atoms with Crippen molar-refractivity contribution in [2.24, 2.45) is 17.8 Å². The minimum absolute atomic E-state index is 0.287. The third kappa shape index (κ3) is 1.67. The summed E-state index contributed by atoms with van der Waals surface area (Å²) in [4.78, 5) is 4.15. The smallest absolute Gasteiger partial charge is 0.0833 e. The van der Waals surface area contributed by atoms with Crippen LogP contribution in [0.15, 0.2) is 18.5 Å². The third-order valence-electron chi connectivity index (χ3n) is 3.96. The van der Waals surface area contributed by atoms with Crippen molar-refractivity contribution in [3.63, 3.8) is 0 Å². The fourth-order valence-electron chi connectivity index (χ4n) is 3.03. The Labute approximate surface area is 90.4 Å². The minimum atomic E-state index is -0.287. The van der Waals surface area contributed by atoms with Gasteiger partial charge in [0.15, 0.2) is 0 Å². The molecule has 1 N–H and O–H groups in total. The van der Waals surface area contributed by atoms with Gasteiger partial charge in [-0.1, -0.05) is 6.07 Å². The number of pyridine rings is 1. The van der Waals surface area contributed by atoms with Gasteiger partial charge in [0.25, 0.3) is 0 Å². The average Bonchev–Trinajstić information content (AvgIpc) is 2.85. The molecule has 2 aliphatic carbocycles. The van der Waals surface area contributed by atoms with Crippen LogP contribution in [-0.2, 0) is 0 Å². The maximum absolute atomic E-state index is 10.2. The van der Waals surface area contributed by atoms with Crippen molar-refractivity contribution in [3.8, 4) is 0 Å². The van der Waals surface area contributed by atoms with Crippen molar-refractivity contribution in [3.05, 3.63) is 29.6 Å². The zero-order chi connectivity index (χ0) is 10.4. The second-order valence-corrected chi connectivity index (χ2v) is 5.23. The normalized spacial score (nSPS) is 34.9. The third-order valence-corrected chi connectivity index (χ3v) is 3.96. The Bertz CT molecular complexity index is 367. The van der Waals surface area contributed by atoms with Gasteiger partial charge in [0.1, 0.15) is 0 Å². The van der Waals surface area contributed by atoms with Gasteiger partial charge >= 0.3 is 0 Å². The summed E-state index contributed by atoms with van der Waals surface area (Å²) in [7, 11) is 0. The van der Waals surface area contributed by atoms with Crippen LogP contribution in [0.2, 0.25) is 0 Å². The quantitative estimate of drug-likeness (QED) is 0.801. The molecule has 0 bridgehead atoms. The topological polar surface area (TPSA) is 33.1 Å². The van der Waals surface area contributed by atoms with E-state index >= 15 is 0 Å². The second-order valence-electron chi connectivity index (χ2n) is 5.23. The van der Waals surface area contributed by atoms with Crippen LogP contribution in [0.1, 0.15) is 36.5 Å². The van der Waals surface area contributed by atoms with E-state index in [0.717, 1.165) is 23.0 Å². The Kier molecular flexibility index (Phi) is 2.06. The molecular formula is C13H17NO.